The average molecular weight is 279 g/mol. The Kier molecular flexibility index (Phi) is 2.91. The number of hydrogen-bond acceptors (Lipinski definition) is 2. The van der Waals surface area contributed by atoms with Gasteiger partial charge in [0.15, 0.2) is 0 Å². The van der Waals surface area contributed by atoms with Gasteiger partial charge in [0.1, 0.15) is 16.9 Å². The van der Waals surface area contributed by atoms with Gasteiger partial charge in [-0.1, -0.05) is 25.4 Å². The van der Waals surface area contributed by atoms with Crippen molar-refractivity contribution >= 4 is 22.6 Å². The highest BCUT2D eigenvalue weighted by Gasteiger charge is 2.40. The van der Waals surface area contributed by atoms with E-state index in [4.69, 9.17) is 16.0 Å². The second-order valence-corrected chi connectivity index (χ2v) is 6.93. The van der Waals surface area contributed by atoms with Crippen LogP contribution < -0.4 is 0 Å². The van der Waals surface area contributed by atoms with Crippen LogP contribution in [0.25, 0.3) is 11.0 Å². The highest BCUT2D eigenvalue weighted by Crippen LogP contribution is 2.46. The van der Waals surface area contributed by atoms with Gasteiger partial charge in [0.05, 0.1) is 0 Å². The molecule has 0 saturated heterocycles. The Hall–Kier alpha value is -0.990. The van der Waals surface area contributed by atoms with Gasteiger partial charge in [0, 0.05) is 10.4 Å². The van der Waals surface area contributed by atoms with Crippen LogP contribution in [0.15, 0.2) is 28.7 Å². The van der Waals surface area contributed by atoms with Gasteiger partial charge < -0.3 is 9.52 Å². The summed E-state index contributed by atoms with van der Waals surface area (Å²) in [6.07, 6.45) is 3.55. The Morgan fingerprint density at radius 2 is 1.79 bits per heavy atom. The molecule has 0 unspecified atom stereocenters. The van der Waals surface area contributed by atoms with E-state index in [-0.39, 0.29) is 0 Å². The SMILES string of the molecule is CC1(C)CCC(O)(c2cc3cc(Cl)ccc3o2)CC1. The van der Waals surface area contributed by atoms with Gasteiger partial charge in [-0.25, -0.2) is 0 Å². The molecule has 1 aromatic carbocycles. The molecule has 0 amide bonds. The first-order valence-electron chi connectivity index (χ1n) is 6.80. The molecule has 102 valence electrons. The lowest BCUT2D eigenvalue weighted by Crippen LogP contribution is -2.34. The number of fused-ring (bicyclic) bond motifs is 1. The number of benzene rings is 1. The molecule has 1 fully saturated rings. The summed E-state index contributed by atoms with van der Waals surface area (Å²) in [5, 5.41) is 12.5. The number of rotatable bonds is 1. The van der Waals surface area contributed by atoms with Crippen LogP contribution in [0.4, 0.5) is 0 Å². The van der Waals surface area contributed by atoms with Crippen LogP contribution in [0.1, 0.15) is 45.3 Å². The van der Waals surface area contributed by atoms with Gasteiger partial charge in [-0.15, -0.1) is 0 Å². The monoisotopic (exact) mass is 278 g/mol. The lowest BCUT2D eigenvalue weighted by Gasteiger charge is -2.38. The molecule has 1 saturated carbocycles. The van der Waals surface area contributed by atoms with Crippen molar-refractivity contribution in [1.82, 2.24) is 0 Å². The number of halogens is 1. The molecule has 0 bridgehead atoms. The maximum absolute atomic E-state index is 10.8. The number of aliphatic hydroxyl groups is 1. The molecule has 1 N–H and O–H groups in total. The lowest BCUT2D eigenvalue weighted by molar-refractivity contribution is -0.0455. The Morgan fingerprint density at radius 3 is 2.47 bits per heavy atom. The summed E-state index contributed by atoms with van der Waals surface area (Å²) in [6, 6.07) is 7.47. The Balaban J connectivity index is 1.95. The highest BCUT2D eigenvalue weighted by molar-refractivity contribution is 6.31. The first-order valence-corrected chi connectivity index (χ1v) is 7.18. The van der Waals surface area contributed by atoms with Gasteiger partial charge in [-0.05, 0) is 55.4 Å². The van der Waals surface area contributed by atoms with Gasteiger partial charge in [-0.2, -0.15) is 0 Å². The van der Waals surface area contributed by atoms with Crippen LogP contribution in [-0.4, -0.2) is 5.11 Å². The normalized spacial score (nSPS) is 21.7. The summed E-state index contributed by atoms with van der Waals surface area (Å²) in [5.74, 6) is 0.681. The van der Waals surface area contributed by atoms with Crippen LogP contribution in [-0.2, 0) is 5.60 Å². The Labute approximate surface area is 118 Å². The van der Waals surface area contributed by atoms with E-state index in [0.29, 0.717) is 16.2 Å². The zero-order valence-electron chi connectivity index (χ0n) is 11.4. The molecule has 0 aliphatic heterocycles. The quantitative estimate of drug-likeness (QED) is 0.807. The summed E-state index contributed by atoms with van der Waals surface area (Å²) in [6.45, 7) is 4.51. The van der Waals surface area contributed by atoms with E-state index in [9.17, 15) is 5.11 Å². The van der Waals surface area contributed by atoms with Crippen LogP contribution in [0.2, 0.25) is 5.02 Å². The van der Waals surface area contributed by atoms with Crippen molar-refractivity contribution in [3.05, 3.63) is 35.0 Å². The molecular weight excluding hydrogens is 260 g/mol. The molecule has 0 spiro atoms. The van der Waals surface area contributed by atoms with Gasteiger partial charge in [0.2, 0.25) is 0 Å². The predicted molar refractivity (Wildman–Crippen MR) is 77.4 cm³/mol. The summed E-state index contributed by atoms with van der Waals surface area (Å²) in [7, 11) is 0. The fourth-order valence-corrected chi connectivity index (χ4v) is 3.01. The fraction of sp³-hybridized carbons (Fsp3) is 0.500. The van der Waals surface area contributed by atoms with Crippen molar-refractivity contribution in [3.63, 3.8) is 0 Å². The molecule has 2 nitrogen and oxygen atoms in total. The van der Waals surface area contributed by atoms with Crippen molar-refractivity contribution in [2.24, 2.45) is 5.41 Å². The average Bonchev–Trinajstić information content (AvgIpc) is 2.77. The molecule has 0 atom stereocenters. The van der Waals surface area contributed by atoms with Crippen molar-refractivity contribution in [3.8, 4) is 0 Å². The maximum Gasteiger partial charge on any atom is 0.136 e. The Bertz CT molecular complexity index is 602. The van der Waals surface area contributed by atoms with Crippen LogP contribution in [0.3, 0.4) is 0 Å². The zero-order valence-corrected chi connectivity index (χ0v) is 12.1. The van der Waals surface area contributed by atoms with Crippen LogP contribution in [0, 0.1) is 5.41 Å². The summed E-state index contributed by atoms with van der Waals surface area (Å²) >= 11 is 5.98. The second-order valence-electron chi connectivity index (χ2n) is 6.49. The third-order valence-corrected chi connectivity index (χ3v) is 4.60. The third kappa shape index (κ3) is 2.39. The second kappa shape index (κ2) is 4.26. The van der Waals surface area contributed by atoms with E-state index in [1.54, 1.807) is 0 Å². The van der Waals surface area contributed by atoms with Crippen molar-refractivity contribution in [2.75, 3.05) is 0 Å². The Morgan fingerprint density at radius 1 is 1.11 bits per heavy atom. The van der Waals surface area contributed by atoms with Crippen molar-refractivity contribution < 1.29 is 9.52 Å². The largest absolute Gasteiger partial charge is 0.458 e. The molecular formula is C16H19ClO2. The van der Waals surface area contributed by atoms with E-state index >= 15 is 0 Å². The summed E-state index contributed by atoms with van der Waals surface area (Å²) < 4.78 is 5.83. The summed E-state index contributed by atoms with van der Waals surface area (Å²) in [4.78, 5) is 0. The van der Waals surface area contributed by atoms with E-state index < -0.39 is 5.60 Å². The standard InChI is InChI=1S/C16H19ClO2/c1-15(2)5-7-16(18,8-6-15)14-10-11-9-12(17)3-4-13(11)19-14/h3-4,9-10,18H,5-8H2,1-2H3. The number of furan rings is 1. The summed E-state index contributed by atoms with van der Waals surface area (Å²) in [5.41, 5.74) is 0.292. The molecule has 2 aromatic rings. The first kappa shape index (κ1) is 13.0. The van der Waals surface area contributed by atoms with Crippen LogP contribution >= 0.6 is 11.6 Å². The molecule has 3 rings (SSSR count). The third-order valence-electron chi connectivity index (χ3n) is 4.37. The highest BCUT2D eigenvalue weighted by atomic mass is 35.5. The predicted octanol–water partition coefficient (Wildman–Crippen LogP) is 4.87. The molecule has 1 heterocycles. The molecule has 1 aliphatic rings. The van der Waals surface area contributed by atoms with Gasteiger partial charge in [0.25, 0.3) is 0 Å². The molecule has 1 aliphatic carbocycles. The fourth-order valence-electron chi connectivity index (χ4n) is 2.83. The van der Waals surface area contributed by atoms with E-state index in [1.165, 1.54) is 0 Å². The van der Waals surface area contributed by atoms with Gasteiger partial charge >= 0.3 is 0 Å². The molecule has 3 heteroatoms. The van der Waals surface area contributed by atoms with Gasteiger partial charge in [-0.3, -0.25) is 0 Å². The maximum atomic E-state index is 10.8. The van der Waals surface area contributed by atoms with Crippen molar-refractivity contribution in [1.29, 1.82) is 0 Å². The first-order chi connectivity index (χ1) is 8.88. The zero-order chi connectivity index (χ0) is 13.7. The minimum atomic E-state index is -0.818. The smallest absolute Gasteiger partial charge is 0.136 e. The van der Waals surface area contributed by atoms with E-state index in [1.807, 2.05) is 24.3 Å². The topological polar surface area (TPSA) is 33.4 Å². The minimum Gasteiger partial charge on any atom is -0.458 e. The minimum absolute atomic E-state index is 0.321. The van der Waals surface area contributed by atoms with E-state index in [0.717, 1.165) is 36.7 Å². The van der Waals surface area contributed by atoms with Crippen molar-refractivity contribution in [2.45, 2.75) is 45.1 Å². The molecule has 1 aromatic heterocycles. The molecule has 19 heavy (non-hydrogen) atoms. The molecule has 0 radical (unpaired) electrons. The van der Waals surface area contributed by atoms with Crippen LogP contribution in [0.5, 0.6) is 0 Å². The lowest BCUT2D eigenvalue weighted by atomic mass is 9.70. The number of hydrogen-bond donors (Lipinski definition) is 1. The van der Waals surface area contributed by atoms with E-state index in [2.05, 4.69) is 13.8 Å².